The molecule has 0 N–H and O–H groups in total. The summed E-state index contributed by atoms with van der Waals surface area (Å²) in [7, 11) is 0. The molecule has 0 heteroatoms. The lowest BCUT2D eigenvalue weighted by Gasteiger charge is -2.28. The van der Waals surface area contributed by atoms with Crippen molar-refractivity contribution in [3.05, 3.63) is 35.4 Å². The van der Waals surface area contributed by atoms with E-state index < -0.39 is 0 Å². The first-order chi connectivity index (χ1) is 10.8. The van der Waals surface area contributed by atoms with E-state index in [0.29, 0.717) is 0 Å². The van der Waals surface area contributed by atoms with Crippen LogP contribution < -0.4 is 0 Å². The molecule has 22 heavy (non-hydrogen) atoms. The van der Waals surface area contributed by atoms with Crippen LogP contribution in [0, 0.1) is 24.2 Å². The van der Waals surface area contributed by atoms with Gasteiger partial charge in [-0.15, -0.1) is 6.42 Å². The van der Waals surface area contributed by atoms with Gasteiger partial charge in [0.15, 0.2) is 0 Å². The highest BCUT2D eigenvalue weighted by Gasteiger charge is 2.20. The molecule has 1 fully saturated rings. The van der Waals surface area contributed by atoms with Gasteiger partial charge in [-0.25, -0.2) is 0 Å². The summed E-state index contributed by atoms with van der Waals surface area (Å²) < 4.78 is 0. The monoisotopic (exact) mass is 296 g/mol. The number of hydrogen-bond donors (Lipinski definition) is 0. The van der Waals surface area contributed by atoms with Crippen LogP contribution in [0.5, 0.6) is 0 Å². The largest absolute Gasteiger partial charge is 0.115 e. The fraction of sp³-hybridized carbons (Fsp3) is 0.636. The van der Waals surface area contributed by atoms with Crippen molar-refractivity contribution in [3.63, 3.8) is 0 Å². The normalized spacial score (nSPS) is 21.5. The molecule has 0 radical (unpaired) electrons. The van der Waals surface area contributed by atoms with E-state index in [-0.39, 0.29) is 0 Å². The first kappa shape index (κ1) is 17.1. The summed E-state index contributed by atoms with van der Waals surface area (Å²) in [4.78, 5) is 0. The molecule has 0 heterocycles. The lowest BCUT2D eigenvalue weighted by Crippen LogP contribution is -2.15. The van der Waals surface area contributed by atoms with Crippen molar-refractivity contribution in [3.8, 4) is 12.3 Å². The van der Waals surface area contributed by atoms with Crippen LogP contribution >= 0.6 is 0 Å². The summed E-state index contributed by atoms with van der Waals surface area (Å²) in [5.74, 6) is 4.68. The van der Waals surface area contributed by atoms with Crippen molar-refractivity contribution in [1.82, 2.24) is 0 Å². The van der Waals surface area contributed by atoms with Crippen molar-refractivity contribution in [2.24, 2.45) is 11.8 Å². The van der Waals surface area contributed by atoms with Gasteiger partial charge >= 0.3 is 0 Å². The second-order valence-electron chi connectivity index (χ2n) is 7.12. The highest BCUT2D eigenvalue weighted by atomic mass is 14.3. The first-order valence-electron chi connectivity index (χ1n) is 9.37. The topological polar surface area (TPSA) is 0 Å². The Morgan fingerprint density at radius 2 is 1.55 bits per heavy atom. The Bertz CT molecular complexity index is 440. The Balaban J connectivity index is 1.61. The summed E-state index contributed by atoms with van der Waals surface area (Å²) in [6, 6.07) is 8.55. The van der Waals surface area contributed by atoms with Crippen LogP contribution in [0.4, 0.5) is 0 Å². The van der Waals surface area contributed by atoms with Gasteiger partial charge in [-0.1, -0.05) is 82.8 Å². The summed E-state index contributed by atoms with van der Waals surface area (Å²) >= 11 is 0. The lowest BCUT2D eigenvalue weighted by atomic mass is 9.77. The minimum absolute atomic E-state index is 0.958. The Labute approximate surface area is 137 Å². The third kappa shape index (κ3) is 5.88. The highest BCUT2D eigenvalue weighted by Crippen LogP contribution is 2.34. The van der Waals surface area contributed by atoms with Gasteiger partial charge in [-0.2, -0.15) is 0 Å². The molecule has 0 atom stereocenters. The molecule has 120 valence electrons. The average molecular weight is 296 g/mol. The number of aryl methyl sites for hydroxylation is 1. The molecule has 0 spiro atoms. The molecule has 1 aliphatic carbocycles. The summed E-state index contributed by atoms with van der Waals surface area (Å²) in [5, 5.41) is 0. The first-order valence-corrected chi connectivity index (χ1v) is 9.37. The third-order valence-corrected chi connectivity index (χ3v) is 5.39. The molecule has 0 nitrogen and oxygen atoms in total. The van der Waals surface area contributed by atoms with E-state index in [4.69, 9.17) is 6.42 Å². The molecule has 0 saturated heterocycles. The predicted octanol–water partition coefficient (Wildman–Crippen LogP) is 6.38. The van der Waals surface area contributed by atoms with E-state index in [9.17, 15) is 0 Å². The molecule has 0 unspecified atom stereocenters. The van der Waals surface area contributed by atoms with Gasteiger partial charge in [0.25, 0.3) is 0 Å². The molecule has 1 aliphatic rings. The average Bonchev–Trinajstić information content (AvgIpc) is 2.58. The van der Waals surface area contributed by atoms with Crippen LogP contribution in [0.15, 0.2) is 24.3 Å². The van der Waals surface area contributed by atoms with Crippen molar-refractivity contribution in [2.45, 2.75) is 77.6 Å². The van der Waals surface area contributed by atoms with Crippen LogP contribution in [0.25, 0.3) is 0 Å². The van der Waals surface area contributed by atoms with Crippen LogP contribution in [0.3, 0.4) is 0 Å². The second kappa shape index (κ2) is 9.73. The highest BCUT2D eigenvalue weighted by molar-refractivity contribution is 5.34. The van der Waals surface area contributed by atoms with Crippen LogP contribution in [-0.4, -0.2) is 0 Å². The Morgan fingerprint density at radius 1 is 0.909 bits per heavy atom. The Morgan fingerprint density at radius 3 is 2.14 bits per heavy atom. The maximum Gasteiger partial charge on any atom is 0.0242 e. The Hall–Kier alpha value is -1.22. The fourth-order valence-electron chi connectivity index (χ4n) is 3.81. The van der Waals surface area contributed by atoms with E-state index in [1.54, 1.807) is 0 Å². The Kier molecular flexibility index (Phi) is 7.58. The van der Waals surface area contributed by atoms with Gasteiger partial charge in [0.05, 0.1) is 0 Å². The van der Waals surface area contributed by atoms with E-state index in [2.05, 4.69) is 37.1 Å². The molecular weight excluding hydrogens is 264 g/mol. The molecule has 1 aromatic carbocycles. The molecular formula is C22H32. The maximum atomic E-state index is 5.41. The molecule has 0 amide bonds. The summed E-state index contributed by atoms with van der Waals surface area (Å²) in [6.07, 6.45) is 21.0. The van der Waals surface area contributed by atoms with Crippen molar-refractivity contribution in [2.75, 3.05) is 0 Å². The van der Waals surface area contributed by atoms with Crippen molar-refractivity contribution in [1.29, 1.82) is 0 Å². The molecule has 0 aromatic heterocycles. The minimum Gasteiger partial charge on any atom is -0.115 e. The van der Waals surface area contributed by atoms with E-state index in [1.165, 1.54) is 76.2 Å². The second-order valence-corrected chi connectivity index (χ2v) is 7.12. The molecule has 2 rings (SSSR count). The van der Waals surface area contributed by atoms with Crippen LogP contribution in [-0.2, 0) is 6.42 Å². The quantitative estimate of drug-likeness (QED) is 0.386. The van der Waals surface area contributed by atoms with Gasteiger partial charge in [-0.3, -0.25) is 0 Å². The van der Waals surface area contributed by atoms with Crippen molar-refractivity contribution >= 4 is 0 Å². The summed E-state index contributed by atoms with van der Waals surface area (Å²) in [6.45, 7) is 2.30. The minimum atomic E-state index is 0.958. The van der Waals surface area contributed by atoms with E-state index in [0.717, 1.165) is 17.4 Å². The third-order valence-electron chi connectivity index (χ3n) is 5.39. The zero-order chi connectivity index (χ0) is 15.6. The molecule has 1 saturated carbocycles. The van der Waals surface area contributed by atoms with Gasteiger partial charge < -0.3 is 0 Å². The maximum absolute atomic E-state index is 5.41. The smallest absolute Gasteiger partial charge is 0.0242 e. The predicted molar refractivity (Wildman–Crippen MR) is 96.9 cm³/mol. The zero-order valence-corrected chi connectivity index (χ0v) is 14.3. The van der Waals surface area contributed by atoms with Gasteiger partial charge in [-0.05, 0) is 42.4 Å². The number of hydrogen-bond acceptors (Lipinski definition) is 0. The fourth-order valence-corrected chi connectivity index (χ4v) is 3.81. The van der Waals surface area contributed by atoms with Gasteiger partial charge in [0.1, 0.15) is 0 Å². The number of unbranched alkanes of at least 4 members (excludes halogenated alkanes) is 3. The number of terminal acetylenes is 1. The van der Waals surface area contributed by atoms with Gasteiger partial charge in [0.2, 0.25) is 0 Å². The molecule has 1 aromatic rings. The van der Waals surface area contributed by atoms with E-state index in [1.807, 2.05) is 0 Å². The zero-order valence-electron chi connectivity index (χ0n) is 14.3. The summed E-state index contributed by atoms with van der Waals surface area (Å²) in [5.41, 5.74) is 2.44. The van der Waals surface area contributed by atoms with Crippen molar-refractivity contribution < 1.29 is 0 Å². The number of rotatable bonds is 8. The SMILES string of the molecule is C#Cc1ccc(CC[C@H]2CC[C@H](CCCCCC)CC2)cc1. The van der Waals surface area contributed by atoms with Gasteiger partial charge in [0, 0.05) is 5.56 Å². The van der Waals surface area contributed by atoms with E-state index >= 15 is 0 Å². The van der Waals surface area contributed by atoms with Crippen LogP contribution in [0.1, 0.15) is 82.3 Å². The molecule has 0 bridgehead atoms. The standard InChI is InChI=1S/C22H32/c1-3-5-6-7-8-20-13-15-22(16-14-20)18-17-21-11-9-19(4-2)10-12-21/h2,9-12,20,22H,3,5-8,13-18H2,1H3/t20-,22-. The lowest BCUT2D eigenvalue weighted by molar-refractivity contribution is 0.249. The number of benzene rings is 1. The van der Waals surface area contributed by atoms with Crippen LogP contribution in [0.2, 0.25) is 0 Å². The molecule has 0 aliphatic heterocycles.